The Kier molecular flexibility index (Phi) is 9.31. The zero-order valence-corrected chi connectivity index (χ0v) is 15.2. The normalized spacial score (nSPS) is 17.4. The summed E-state index contributed by atoms with van der Waals surface area (Å²) in [7, 11) is 0. The topological polar surface area (TPSA) is 89.2 Å². The van der Waals surface area contributed by atoms with E-state index in [0.29, 0.717) is 19.0 Å². The van der Waals surface area contributed by atoms with E-state index in [9.17, 15) is 4.79 Å². The van der Waals surface area contributed by atoms with Gasteiger partial charge in [-0.3, -0.25) is 0 Å². The lowest BCUT2D eigenvalue weighted by molar-refractivity contribution is 0.00573. The maximum atomic E-state index is 11.3. The van der Waals surface area contributed by atoms with Crippen LogP contribution in [0.4, 0.5) is 4.79 Å². The number of halogens is 1. The van der Waals surface area contributed by atoms with Crippen molar-refractivity contribution in [1.82, 2.24) is 10.2 Å². The molecule has 2 saturated heterocycles. The van der Waals surface area contributed by atoms with Gasteiger partial charge in [-0.1, -0.05) is 22.6 Å². The molecule has 2 aliphatic heterocycles. The first-order chi connectivity index (χ1) is 9.85. The summed E-state index contributed by atoms with van der Waals surface area (Å²) >= 11 is 2.15. The predicted molar refractivity (Wildman–Crippen MR) is 88.8 cm³/mol. The number of nitrogens with zero attached hydrogens (tertiary/aromatic N) is 3. The van der Waals surface area contributed by atoms with Crippen molar-refractivity contribution in [1.29, 1.82) is 10.5 Å². The van der Waals surface area contributed by atoms with Crippen LogP contribution in [0.5, 0.6) is 0 Å². The molecule has 0 radical (unpaired) electrons. The first kappa shape index (κ1) is 19.9. The van der Waals surface area contributed by atoms with Crippen LogP contribution in [-0.2, 0) is 4.74 Å². The molecule has 0 unspecified atom stereocenters. The Hall–Kier alpha value is -1.06. The van der Waals surface area contributed by atoms with Crippen molar-refractivity contribution in [2.75, 3.05) is 31.1 Å². The summed E-state index contributed by atoms with van der Waals surface area (Å²) in [5.41, 5.74) is -0.450. The summed E-state index contributed by atoms with van der Waals surface area (Å²) in [6.45, 7) is 8.29. The van der Waals surface area contributed by atoms with Gasteiger partial charge in [-0.05, 0) is 25.7 Å². The smallest absolute Gasteiger partial charge is 0.410 e. The molecular formula is C14H23IN4O2. The van der Waals surface area contributed by atoms with Crippen LogP contribution in [0.25, 0.3) is 0 Å². The maximum Gasteiger partial charge on any atom is 0.410 e. The number of likely N-dealkylation sites (tertiary alicyclic amines) is 1. The Bertz CT molecular complexity index is 399. The van der Waals surface area contributed by atoms with Gasteiger partial charge in [0.15, 0.2) is 0 Å². The number of hydrogen-bond acceptors (Lipinski definition) is 5. The number of amides is 1. The average molecular weight is 406 g/mol. The molecule has 0 aromatic heterocycles. The number of nitriles is 2. The quantitative estimate of drug-likeness (QED) is 0.492. The van der Waals surface area contributed by atoms with Gasteiger partial charge in [0.25, 0.3) is 0 Å². The molecular weight excluding hydrogens is 383 g/mol. The number of hydrogen-bond donors (Lipinski definition) is 1. The Balaban J connectivity index is 0.000000416. The standard InChI is InChI=1S/C9H14N2O2.C4H6N2.CH3I/c1-9(2,3)13-8(12)11-5-7(4-10)6-11;5-1-4-2-6-3-4;1-2/h7H,5-6H2,1-3H3;4,6H,2-3H2;1H3. The number of rotatable bonds is 0. The fourth-order valence-electron chi connectivity index (χ4n) is 1.42. The molecule has 0 saturated carbocycles. The number of carbonyl (C=O) groups excluding carboxylic acids is 1. The zero-order valence-electron chi connectivity index (χ0n) is 13.0. The van der Waals surface area contributed by atoms with E-state index in [1.165, 1.54) is 0 Å². The minimum atomic E-state index is -0.450. The molecule has 2 heterocycles. The van der Waals surface area contributed by atoms with Crippen molar-refractivity contribution in [2.24, 2.45) is 11.8 Å². The molecule has 7 heteroatoms. The van der Waals surface area contributed by atoms with E-state index in [-0.39, 0.29) is 12.0 Å². The molecule has 0 bridgehead atoms. The van der Waals surface area contributed by atoms with Gasteiger partial charge < -0.3 is 15.0 Å². The van der Waals surface area contributed by atoms with Gasteiger partial charge >= 0.3 is 6.09 Å². The maximum absolute atomic E-state index is 11.3. The molecule has 0 aromatic carbocycles. The van der Waals surface area contributed by atoms with Gasteiger partial charge in [0.05, 0.1) is 24.0 Å². The lowest BCUT2D eigenvalue weighted by Crippen LogP contribution is -2.51. The van der Waals surface area contributed by atoms with Crippen molar-refractivity contribution in [2.45, 2.75) is 26.4 Å². The molecule has 0 aromatic rings. The molecule has 2 rings (SSSR count). The van der Waals surface area contributed by atoms with E-state index in [4.69, 9.17) is 15.3 Å². The zero-order chi connectivity index (χ0) is 16.5. The van der Waals surface area contributed by atoms with Crippen LogP contribution in [0, 0.1) is 34.5 Å². The van der Waals surface area contributed by atoms with E-state index in [1.54, 1.807) is 4.90 Å². The fraction of sp³-hybridized carbons (Fsp3) is 0.786. The van der Waals surface area contributed by atoms with Crippen LogP contribution < -0.4 is 5.32 Å². The van der Waals surface area contributed by atoms with E-state index < -0.39 is 5.60 Å². The van der Waals surface area contributed by atoms with Crippen molar-refractivity contribution < 1.29 is 9.53 Å². The van der Waals surface area contributed by atoms with Crippen LogP contribution in [0.15, 0.2) is 0 Å². The largest absolute Gasteiger partial charge is 0.444 e. The Labute approximate surface area is 140 Å². The van der Waals surface area contributed by atoms with Crippen molar-refractivity contribution >= 4 is 28.7 Å². The molecule has 0 aliphatic carbocycles. The minimum Gasteiger partial charge on any atom is -0.444 e. The summed E-state index contributed by atoms with van der Waals surface area (Å²) in [5, 5.41) is 19.6. The minimum absolute atomic E-state index is 0.00693. The second kappa shape index (κ2) is 9.80. The Morgan fingerprint density at radius 2 is 1.67 bits per heavy atom. The first-order valence-electron chi connectivity index (χ1n) is 6.71. The second-order valence-electron chi connectivity index (χ2n) is 5.70. The SMILES string of the molecule is CC(C)(C)OC(=O)N1CC(C#N)C1.CI.N#CC1CNC1. The third-order valence-electron chi connectivity index (χ3n) is 2.68. The molecule has 0 atom stereocenters. The van der Waals surface area contributed by atoms with Gasteiger partial charge in [-0.2, -0.15) is 10.5 Å². The van der Waals surface area contributed by atoms with Gasteiger partial charge in [0.1, 0.15) is 5.60 Å². The van der Waals surface area contributed by atoms with Gasteiger partial charge in [0, 0.05) is 26.2 Å². The van der Waals surface area contributed by atoms with E-state index in [0.717, 1.165) is 13.1 Å². The highest BCUT2D eigenvalue weighted by molar-refractivity contribution is 14.1. The number of carbonyl (C=O) groups is 1. The van der Waals surface area contributed by atoms with Crippen LogP contribution in [0.1, 0.15) is 20.8 Å². The number of ether oxygens (including phenoxy) is 1. The second-order valence-corrected chi connectivity index (χ2v) is 5.70. The highest BCUT2D eigenvalue weighted by Crippen LogP contribution is 2.18. The summed E-state index contributed by atoms with van der Waals surface area (Å²) in [4.78, 5) is 14.8. The first-order valence-corrected chi connectivity index (χ1v) is 8.87. The van der Waals surface area contributed by atoms with E-state index >= 15 is 0 Å². The summed E-state index contributed by atoms with van der Waals surface area (Å²) in [6, 6.07) is 4.24. The highest BCUT2D eigenvalue weighted by atomic mass is 127. The summed E-state index contributed by atoms with van der Waals surface area (Å²) in [6.07, 6.45) is -0.320. The van der Waals surface area contributed by atoms with Crippen molar-refractivity contribution in [3.63, 3.8) is 0 Å². The Morgan fingerprint density at radius 3 is 1.90 bits per heavy atom. The van der Waals surface area contributed by atoms with E-state index in [2.05, 4.69) is 40.0 Å². The number of alkyl halides is 1. The van der Waals surface area contributed by atoms with Crippen LogP contribution >= 0.6 is 22.6 Å². The van der Waals surface area contributed by atoms with Gasteiger partial charge in [-0.25, -0.2) is 4.79 Å². The predicted octanol–water partition coefficient (Wildman–Crippen LogP) is 2.16. The Morgan fingerprint density at radius 1 is 1.19 bits per heavy atom. The van der Waals surface area contributed by atoms with Crippen LogP contribution in [-0.4, -0.2) is 47.7 Å². The average Bonchev–Trinajstić information content (AvgIpc) is 2.27. The van der Waals surface area contributed by atoms with Crippen molar-refractivity contribution in [3.8, 4) is 12.1 Å². The summed E-state index contributed by atoms with van der Waals surface area (Å²) in [5.74, 6) is 0.303. The van der Waals surface area contributed by atoms with Gasteiger partial charge in [-0.15, -0.1) is 0 Å². The van der Waals surface area contributed by atoms with Crippen molar-refractivity contribution in [3.05, 3.63) is 0 Å². The van der Waals surface area contributed by atoms with Gasteiger partial charge in [0.2, 0.25) is 0 Å². The third kappa shape index (κ3) is 8.08. The molecule has 1 N–H and O–H groups in total. The lowest BCUT2D eigenvalue weighted by Gasteiger charge is -2.36. The van der Waals surface area contributed by atoms with Crippen LogP contribution in [0.2, 0.25) is 0 Å². The highest BCUT2D eigenvalue weighted by Gasteiger charge is 2.33. The molecule has 1 amide bonds. The molecule has 2 aliphatic rings. The molecule has 118 valence electrons. The molecule has 0 spiro atoms. The summed E-state index contributed by atoms with van der Waals surface area (Å²) < 4.78 is 5.11. The van der Waals surface area contributed by atoms with Crippen LogP contribution in [0.3, 0.4) is 0 Å². The monoisotopic (exact) mass is 406 g/mol. The lowest BCUT2D eigenvalue weighted by atomic mass is 10.0. The van der Waals surface area contributed by atoms with E-state index in [1.807, 2.05) is 25.7 Å². The molecule has 21 heavy (non-hydrogen) atoms. The molecule has 2 fully saturated rings. The fourth-order valence-corrected chi connectivity index (χ4v) is 1.42. The number of nitrogens with one attached hydrogen (secondary N) is 1. The third-order valence-corrected chi connectivity index (χ3v) is 2.68. The molecule has 6 nitrogen and oxygen atoms in total.